The summed E-state index contributed by atoms with van der Waals surface area (Å²) in [6, 6.07) is 5.64. The molecular formula is C35H47BrN4O10S3. The Bertz CT molecular complexity index is 2080. The highest BCUT2D eigenvalue weighted by atomic mass is 79.9. The number of rotatable bonds is 11. The summed E-state index contributed by atoms with van der Waals surface area (Å²) in [4.78, 5) is 56.3. The number of benzene rings is 2. The average molecular weight is 860 g/mol. The summed E-state index contributed by atoms with van der Waals surface area (Å²) in [7, 11) is -9.34. The molecule has 0 saturated heterocycles. The van der Waals surface area contributed by atoms with Gasteiger partial charge in [0.1, 0.15) is 0 Å². The summed E-state index contributed by atoms with van der Waals surface area (Å²) in [5, 5.41) is 5.62. The quantitative estimate of drug-likeness (QED) is 0.292. The minimum atomic E-state index is -4.14. The van der Waals surface area contributed by atoms with E-state index in [9.17, 15) is 44.4 Å². The van der Waals surface area contributed by atoms with Gasteiger partial charge >= 0.3 is 12.1 Å². The van der Waals surface area contributed by atoms with Crippen LogP contribution in [-0.4, -0.2) is 92.0 Å². The monoisotopic (exact) mass is 858 g/mol. The van der Waals surface area contributed by atoms with Crippen molar-refractivity contribution in [2.45, 2.75) is 90.7 Å². The molecule has 2 fully saturated rings. The molecule has 0 spiro atoms. The maximum absolute atomic E-state index is 14.9. The van der Waals surface area contributed by atoms with Crippen LogP contribution in [0.5, 0.6) is 0 Å². The lowest BCUT2D eigenvalue weighted by molar-refractivity contribution is -0.153. The van der Waals surface area contributed by atoms with Crippen molar-refractivity contribution in [3.05, 3.63) is 52.0 Å². The number of hydrogen-bond acceptors (Lipinski definition) is 10. The normalized spacial score (nSPS) is 16.9. The van der Waals surface area contributed by atoms with E-state index in [0.717, 1.165) is 82.3 Å². The predicted molar refractivity (Wildman–Crippen MR) is 201 cm³/mol. The van der Waals surface area contributed by atoms with Crippen LogP contribution in [0.3, 0.4) is 0 Å². The lowest BCUT2D eigenvalue weighted by Crippen LogP contribution is -2.61. The second-order valence-corrected chi connectivity index (χ2v) is 20.8. The highest BCUT2D eigenvalue weighted by Gasteiger charge is 2.44. The molecule has 2 unspecified atom stereocenters. The Labute approximate surface area is 320 Å². The molecule has 14 nitrogen and oxygen atoms in total. The average Bonchev–Trinajstić information content (AvgIpc) is 3.80. The second kappa shape index (κ2) is 17.0. The first-order valence-corrected chi connectivity index (χ1v) is 23.8. The van der Waals surface area contributed by atoms with Gasteiger partial charge in [0.15, 0.2) is 29.5 Å². The molecule has 6 amide bonds. The molecule has 2 aliphatic carbocycles. The summed E-state index contributed by atoms with van der Waals surface area (Å²) in [6.45, 7) is 0. The highest BCUT2D eigenvalue weighted by molar-refractivity contribution is 9.10. The number of hydrazine groups is 1. The van der Waals surface area contributed by atoms with Crippen LogP contribution in [0, 0.1) is 11.8 Å². The molecule has 2 atom stereocenters. The van der Waals surface area contributed by atoms with Gasteiger partial charge in [0.2, 0.25) is 0 Å². The fraction of sp³-hybridized carbons (Fsp3) is 0.543. The van der Waals surface area contributed by atoms with Crippen LogP contribution in [0.4, 0.5) is 9.59 Å². The van der Waals surface area contributed by atoms with Crippen molar-refractivity contribution in [2.24, 2.45) is 11.8 Å². The molecule has 2 aromatic carbocycles. The third-order valence-electron chi connectivity index (χ3n) is 10.0. The molecule has 2 N–H and O–H groups in total. The number of hydrogen-bond donors (Lipinski definition) is 2. The smallest absolute Gasteiger partial charge is 0.339 e. The first-order valence-electron chi connectivity index (χ1n) is 17.3. The van der Waals surface area contributed by atoms with Gasteiger partial charge < -0.3 is 10.6 Å². The van der Waals surface area contributed by atoms with Crippen LogP contribution in [0.25, 0.3) is 0 Å². The van der Waals surface area contributed by atoms with Gasteiger partial charge in [-0.1, -0.05) is 63.5 Å². The SMILES string of the molecule is CNC(=O)N(C(=O)C(CC1CCCC1)c1ccc(S(C)(=O)=O)c(Br)c1)N(C(=O)NC)C(=O)C(CC1CCCC1)c1ccc(S(C)(=O)=O)c(S(C)(=O)=O)c1. The van der Waals surface area contributed by atoms with Gasteiger partial charge in [-0.25, -0.2) is 34.8 Å². The molecule has 2 aliphatic rings. The summed E-state index contributed by atoms with van der Waals surface area (Å²) in [5.74, 6) is -4.27. The van der Waals surface area contributed by atoms with Gasteiger partial charge in [0.05, 0.1) is 26.5 Å². The summed E-state index contributed by atoms with van der Waals surface area (Å²) in [6.07, 6.45) is 9.84. The zero-order valence-electron chi connectivity index (χ0n) is 30.4. The molecule has 18 heteroatoms. The minimum absolute atomic E-state index is 0.0104. The number of amides is 6. The van der Waals surface area contributed by atoms with E-state index in [1.165, 1.54) is 38.4 Å². The van der Waals surface area contributed by atoms with E-state index in [-0.39, 0.29) is 39.6 Å². The van der Waals surface area contributed by atoms with Crippen molar-refractivity contribution in [3.63, 3.8) is 0 Å². The zero-order chi connectivity index (χ0) is 39.5. The number of carbonyl (C=O) groups is 4. The Balaban J connectivity index is 1.91. The standard InChI is InChI=1S/C35H47BrN4O10S3/c1-37-34(43)39(32(41)26(18-22-10-6-7-11-22)24-14-16-29(28(36)20-24)51(3,45)46)40(35(44)38-2)33(42)27(19-23-12-8-9-13-23)25-15-17-30(52(4,47)48)31(21-25)53(5,49)50/h14-17,20-23,26-27H,6-13,18-19H2,1-5H3,(H,37,43)(H,38,44). The number of nitrogens with one attached hydrogen (secondary N) is 2. The number of sulfone groups is 3. The van der Waals surface area contributed by atoms with E-state index in [1.807, 2.05) is 0 Å². The molecule has 0 radical (unpaired) electrons. The van der Waals surface area contributed by atoms with Gasteiger partial charge in [-0.3, -0.25) is 9.59 Å². The van der Waals surface area contributed by atoms with E-state index in [2.05, 4.69) is 26.6 Å². The van der Waals surface area contributed by atoms with Crippen molar-refractivity contribution in [3.8, 4) is 0 Å². The minimum Gasteiger partial charge on any atom is -0.339 e. The molecule has 0 heterocycles. The highest BCUT2D eigenvalue weighted by Crippen LogP contribution is 2.40. The molecule has 4 rings (SSSR count). The summed E-state index contributed by atoms with van der Waals surface area (Å²) >= 11 is 3.31. The number of imide groups is 2. The molecule has 0 aliphatic heterocycles. The van der Waals surface area contributed by atoms with Gasteiger partial charge in [0, 0.05) is 37.3 Å². The molecule has 2 aromatic rings. The Morgan fingerprint density at radius 3 is 1.32 bits per heavy atom. The lowest BCUT2D eigenvalue weighted by atomic mass is 9.86. The number of urea groups is 2. The third kappa shape index (κ3) is 10.0. The van der Waals surface area contributed by atoms with E-state index in [0.29, 0.717) is 15.6 Å². The Kier molecular flexibility index (Phi) is 13.6. The Morgan fingerprint density at radius 2 is 0.981 bits per heavy atom. The van der Waals surface area contributed by atoms with Crippen molar-refractivity contribution in [2.75, 3.05) is 32.9 Å². The van der Waals surface area contributed by atoms with E-state index < -0.39 is 75.0 Å². The maximum atomic E-state index is 14.9. The van der Waals surface area contributed by atoms with Crippen molar-refractivity contribution in [1.82, 2.24) is 20.7 Å². The van der Waals surface area contributed by atoms with Gasteiger partial charge in [-0.05, 0) is 76.0 Å². The molecule has 292 valence electrons. The number of carbonyl (C=O) groups excluding carboxylic acids is 4. The summed E-state index contributed by atoms with van der Waals surface area (Å²) < 4.78 is 75.9. The molecule has 0 aromatic heterocycles. The third-order valence-corrected chi connectivity index (χ3v) is 14.5. The predicted octanol–water partition coefficient (Wildman–Crippen LogP) is 4.94. The van der Waals surface area contributed by atoms with Crippen LogP contribution < -0.4 is 10.6 Å². The zero-order valence-corrected chi connectivity index (χ0v) is 34.5. The molecular weight excluding hydrogens is 813 g/mol. The van der Waals surface area contributed by atoms with E-state index in [4.69, 9.17) is 0 Å². The molecule has 0 bridgehead atoms. The van der Waals surface area contributed by atoms with Crippen LogP contribution in [0.2, 0.25) is 0 Å². The van der Waals surface area contributed by atoms with Gasteiger partial charge in [-0.2, -0.15) is 10.0 Å². The van der Waals surface area contributed by atoms with E-state index >= 15 is 0 Å². The van der Waals surface area contributed by atoms with Crippen LogP contribution in [0.15, 0.2) is 55.6 Å². The second-order valence-electron chi connectivity index (χ2n) is 14.0. The maximum Gasteiger partial charge on any atom is 0.343 e. The van der Waals surface area contributed by atoms with Crippen LogP contribution >= 0.6 is 15.9 Å². The molecule has 2 saturated carbocycles. The Morgan fingerprint density at radius 1 is 0.623 bits per heavy atom. The number of nitrogens with zero attached hydrogens (tertiary/aromatic N) is 2. The van der Waals surface area contributed by atoms with Gasteiger partial charge in [-0.15, -0.1) is 0 Å². The molecule has 53 heavy (non-hydrogen) atoms. The fourth-order valence-corrected chi connectivity index (χ4v) is 11.8. The fourth-order valence-electron chi connectivity index (χ4n) is 7.38. The largest absolute Gasteiger partial charge is 0.343 e. The first kappa shape index (κ1) is 42.4. The van der Waals surface area contributed by atoms with E-state index in [1.54, 1.807) is 0 Å². The Hall–Kier alpha value is -3.35. The first-order chi connectivity index (χ1) is 24.7. The van der Waals surface area contributed by atoms with Crippen LogP contribution in [0.1, 0.15) is 87.2 Å². The number of halogens is 1. The lowest BCUT2D eigenvalue weighted by Gasteiger charge is -2.36. The van der Waals surface area contributed by atoms with Crippen molar-refractivity contribution in [1.29, 1.82) is 0 Å². The topological polar surface area (TPSA) is 201 Å². The van der Waals surface area contributed by atoms with Gasteiger partial charge in [0.25, 0.3) is 11.8 Å². The van der Waals surface area contributed by atoms with Crippen LogP contribution in [-0.2, 0) is 39.1 Å². The van der Waals surface area contributed by atoms with Crippen molar-refractivity contribution < 1.29 is 44.4 Å². The summed E-state index contributed by atoms with van der Waals surface area (Å²) in [5.41, 5.74) is 0.451. The van der Waals surface area contributed by atoms with Crippen molar-refractivity contribution >= 4 is 69.3 Å².